The molecule has 0 amide bonds. The summed E-state index contributed by atoms with van der Waals surface area (Å²) in [5, 5.41) is 15.7. The number of rotatable bonds is 15. The minimum atomic E-state index is -0.640. The zero-order valence-corrected chi connectivity index (χ0v) is 22.5. The Morgan fingerprint density at radius 3 is 2.66 bits per heavy atom. The van der Waals surface area contributed by atoms with Gasteiger partial charge in [-0.05, 0) is 49.9 Å². The molecule has 2 aromatic carbocycles. The quantitative estimate of drug-likeness (QED) is 0.263. The summed E-state index contributed by atoms with van der Waals surface area (Å²) < 4.78 is 34.3. The molecule has 1 aliphatic heterocycles. The van der Waals surface area contributed by atoms with Crippen molar-refractivity contribution in [3.05, 3.63) is 71.7 Å². The van der Waals surface area contributed by atoms with Gasteiger partial charge in [0.15, 0.2) is 11.6 Å². The standard InChI is InChI=1S/C30H40FN3O4/c1-3-5-17-36-22-24(35)19-33(20-25-14-11-18-37-25)21-26-28(4-2)32-34(23-12-7-6-8-13-23)30(26)38-29-16-10-9-15-27(29)31/h6-10,12-13,15-16,24-25,35H,3-5,11,14,17-22H2,1-2H3/t24-,25-/m1/s1. The van der Waals surface area contributed by atoms with E-state index in [1.54, 1.807) is 22.9 Å². The van der Waals surface area contributed by atoms with Crippen LogP contribution in [-0.4, -0.2) is 64.9 Å². The molecule has 0 bridgehead atoms. The van der Waals surface area contributed by atoms with Gasteiger partial charge in [0.2, 0.25) is 5.88 Å². The molecule has 1 saturated heterocycles. The summed E-state index contributed by atoms with van der Waals surface area (Å²) in [6.45, 7) is 7.42. The van der Waals surface area contributed by atoms with Gasteiger partial charge < -0.3 is 19.3 Å². The molecule has 1 aromatic heterocycles. The zero-order chi connectivity index (χ0) is 26.7. The molecular formula is C30H40FN3O4. The number of aliphatic hydroxyl groups excluding tert-OH is 1. The van der Waals surface area contributed by atoms with E-state index in [-0.39, 0.29) is 18.5 Å². The molecule has 38 heavy (non-hydrogen) atoms. The van der Waals surface area contributed by atoms with Gasteiger partial charge in [0.05, 0.1) is 35.8 Å². The van der Waals surface area contributed by atoms with Crippen LogP contribution < -0.4 is 4.74 Å². The molecule has 7 nitrogen and oxygen atoms in total. The van der Waals surface area contributed by atoms with E-state index in [1.807, 2.05) is 30.3 Å². The third-order valence-corrected chi connectivity index (χ3v) is 6.69. The van der Waals surface area contributed by atoms with Crippen LogP contribution in [0.15, 0.2) is 54.6 Å². The first-order valence-electron chi connectivity index (χ1n) is 13.8. The second-order valence-electron chi connectivity index (χ2n) is 9.78. The largest absolute Gasteiger partial charge is 0.435 e. The van der Waals surface area contributed by atoms with E-state index in [0.717, 1.165) is 49.2 Å². The van der Waals surface area contributed by atoms with Crippen LogP contribution in [0.1, 0.15) is 50.8 Å². The Hall–Kier alpha value is -2.78. The first-order valence-corrected chi connectivity index (χ1v) is 13.8. The van der Waals surface area contributed by atoms with E-state index in [0.29, 0.717) is 38.5 Å². The van der Waals surface area contributed by atoms with Gasteiger partial charge in [-0.25, -0.2) is 9.07 Å². The van der Waals surface area contributed by atoms with Crippen LogP contribution in [0.5, 0.6) is 11.6 Å². The van der Waals surface area contributed by atoms with Crippen LogP contribution in [0.25, 0.3) is 5.69 Å². The number of para-hydroxylation sites is 2. The number of unbranched alkanes of at least 4 members (excludes halogenated alkanes) is 1. The lowest BCUT2D eigenvalue weighted by Crippen LogP contribution is -2.39. The zero-order valence-electron chi connectivity index (χ0n) is 22.5. The normalized spacial score (nSPS) is 16.3. The van der Waals surface area contributed by atoms with Crippen molar-refractivity contribution in [3.8, 4) is 17.3 Å². The number of nitrogens with zero attached hydrogens (tertiary/aromatic N) is 3. The molecule has 0 saturated carbocycles. The lowest BCUT2D eigenvalue weighted by Gasteiger charge is -2.28. The number of ether oxygens (including phenoxy) is 3. The Morgan fingerprint density at radius 2 is 1.95 bits per heavy atom. The smallest absolute Gasteiger partial charge is 0.227 e. The summed E-state index contributed by atoms with van der Waals surface area (Å²) in [5.41, 5.74) is 2.57. The van der Waals surface area contributed by atoms with Gasteiger partial charge in [0, 0.05) is 32.8 Å². The van der Waals surface area contributed by atoms with E-state index >= 15 is 0 Å². The fourth-order valence-corrected chi connectivity index (χ4v) is 4.72. The topological polar surface area (TPSA) is 69.0 Å². The lowest BCUT2D eigenvalue weighted by atomic mass is 10.1. The molecule has 1 fully saturated rings. The lowest BCUT2D eigenvalue weighted by molar-refractivity contribution is 0.00135. The summed E-state index contributed by atoms with van der Waals surface area (Å²) in [4.78, 5) is 2.18. The van der Waals surface area contributed by atoms with Gasteiger partial charge in [-0.15, -0.1) is 0 Å². The van der Waals surface area contributed by atoms with E-state index in [1.165, 1.54) is 6.07 Å². The molecule has 2 atom stereocenters. The number of halogens is 1. The third-order valence-electron chi connectivity index (χ3n) is 6.69. The molecule has 206 valence electrons. The summed E-state index contributed by atoms with van der Waals surface area (Å²) in [6, 6.07) is 16.1. The molecule has 0 radical (unpaired) electrons. The molecule has 1 N–H and O–H groups in total. The average molecular weight is 526 g/mol. The summed E-state index contributed by atoms with van der Waals surface area (Å²) in [5.74, 6) is 0.181. The highest BCUT2D eigenvalue weighted by atomic mass is 19.1. The van der Waals surface area contributed by atoms with Crippen LogP contribution in [0, 0.1) is 5.82 Å². The van der Waals surface area contributed by atoms with E-state index < -0.39 is 11.9 Å². The van der Waals surface area contributed by atoms with Crippen molar-refractivity contribution in [2.45, 2.75) is 64.7 Å². The number of hydrogen-bond acceptors (Lipinski definition) is 6. The molecule has 0 spiro atoms. The van der Waals surface area contributed by atoms with E-state index in [4.69, 9.17) is 19.3 Å². The number of aliphatic hydroxyl groups is 1. The Kier molecular flexibility index (Phi) is 10.7. The molecule has 2 heterocycles. The van der Waals surface area contributed by atoms with E-state index in [2.05, 4.69) is 18.7 Å². The monoisotopic (exact) mass is 525 g/mol. The minimum Gasteiger partial charge on any atom is -0.435 e. The second-order valence-corrected chi connectivity index (χ2v) is 9.78. The first-order chi connectivity index (χ1) is 18.6. The summed E-state index contributed by atoms with van der Waals surface area (Å²) in [7, 11) is 0. The van der Waals surface area contributed by atoms with Crippen molar-refractivity contribution >= 4 is 0 Å². The number of benzene rings is 2. The Morgan fingerprint density at radius 1 is 1.16 bits per heavy atom. The van der Waals surface area contributed by atoms with Gasteiger partial charge >= 0.3 is 0 Å². The maximum absolute atomic E-state index is 14.7. The highest BCUT2D eigenvalue weighted by molar-refractivity contribution is 5.44. The molecular weight excluding hydrogens is 485 g/mol. The maximum Gasteiger partial charge on any atom is 0.227 e. The third kappa shape index (κ3) is 7.63. The Bertz CT molecular complexity index is 1120. The van der Waals surface area contributed by atoms with E-state index in [9.17, 15) is 9.50 Å². The van der Waals surface area contributed by atoms with Crippen molar-refractivity contribution in [2.75, 3.05) is 32.9 Å². The van der Waals surface area contributed by atoms with Crippen molar-refractivity contribution in [2.24, 2.45) is 0 Å². The van der Waals surface area contributed by atoms with Gasteiger partial charge in [0.25, 0.3) is 0 Å². The fourth-order valence-electron chi connectivity index (χ4n) is 4.72. The van der Waals surface area contributed by atoms with Crippen LogP contribution in [0.3, 0.4) is 0 Å². The number of aromatic nitrogens is 2. The first kappa shape index (κ1) is 28.2. The predicted octanol–water partition coefficient (Wildman–Crippen LogP) is 5.52. The van der Waals surface area contributed by atoms with Gasteiger partial charge in [-0.3, -0.25) is 4.90 Å². The Balaban J connectivity index is 1.65. The minimum absolute atomic E-state index is 0.105. The number of hydrogen-bond donors (Lipinski definition) is 1. The van der Waals surface area contributed by atoms with Gasteiger partial charge in [0.1, 0.15) is 0 Å². The summed E-state index contributed by atoms with van der Waals surface area (Å²) in [6.07, 6.45) is 4.20. The average Bonchev–Trinajstić information content (AvgIpc) is 3.56. The maximum atomic E-state index is 14.7. The molecule has 1 aliphatic rings. The molecule has 3 aromatic rings. The summed E-state index contributed by atoms with van der Waals surface area (Å²) >= 11 is 0. The van der Waals surface area contributed by atoms with Crippen LogP contribution in [-0.2, 0) is 22.4 Å². The van der Waals surface area contributed by atoms with Crippen molar-refractivity contribution < 1.29 is 23.7 Å². The molecule has 4 rings (SSSR count). The highest BCUT2D eigenvalue weighted by Gasteiger charge is 2.27. The second kappa shape index (κ2) is 14.4. The van der Waals surface area contributed by atoms with Crippen LogP contribution in [0.4, 0.5) is 4.39 Å². The predicted molar refractivity (Wildman–Crippen MR) is 145 cm³/mol. The molecule has 0 unspecified atom stereocenters. The number of aryl methyl sites for hydroxylation is 1. The van der Waals surface area contributed by atoms with Crippen molar-refractivity contribution in [1.82, 2.24) is 14.7 Å². The van der Waals surface area contributed by atoms with Crippen LogP contribution in [0.2, 0.25) is 0 Å². The van der Waals surface area contributed by atoms with Gasteiger partial charge in [-0.1, -0.05) is 50.6 Å². The SMILES string of the molecule is CCCCOC[C@H](O)CN(Cc1c(CC)nn(-c2ccccc2)c1Oc1ccccc1F)C[C@H]1CCCO1. The highest BCUT2D eigenvalue weighted by Crippen LogP contribution is 2.33. The van der Waals surface area contributed by atoms with Gasteiger partial charge in [-0.2, -0.15) is 5.10 Å². The molecule has 0 aliphatic carbocycles. The Labute approximate surface area is 225 Å². The van der Waals surface area contributed by atoms with Crippen molar-refractivity contribution in [3.63, 3.8) is 0 Å². The van der Waals surface area contributed by atoms with Crippen molar-refractivity contribution in [1.29, 1.82) is 0 Å². The van der Waals surface area contributed by atoms with Crippen LogP contribution >= 0.6 is 0 Å². The molecule has 8 heteroatoms. The fraction of sp³-hybridized carbons (Fsp3) is 0.500.